The molecule has 0 spiro atoms. The molecule has 2 unspecified atom stereocenters. The van der Waals surface area contributed by atoms with Crippen LogP contribution in [-0.2, 0) is 9.84 Å². The smallest absolute Gasteiger partial charge is 0.206 e. The number of benzene rings is 2. The molecule has 0 aromatic heterocycles. The molecule has 1 fully saturated rings. The van der Waals surface area contributed by atoms with Crippen LogP contribution in [0.15, 0.2) is 82.2 Å². The van der Waals surface area contributed by atoms with Crippen LogP contribution in [-0.4, -0.2) is 32.5 Å². The first kappa shape index (κ1) is 15.7. The lowest BCUT2D eigenvalue weighted by molar-refractivity contribution is 0.174. The maximum atomic E-state index is 12.9. The van der Waals surface area contributed by atoms with E-state index in [2.05, 4.69) is 23.1 Å². The molecule has 3 aliphatic rings. The fraction of sp³-hybridized carbons (Fsp3) is 0.238. The summed E-state index contributed by atoms with van der Waals surface area (Å²) in [6.45, 7) is 1.61. The second-order valence-electron chi connectivity index (χ2n) is 6.93. The second kappa shape index (κ2) is 5.74. The van der Waals surface area contributed by atoms with Crippen molar-refractivity contribution in [1.82, 2.24) is 4.90 Å². The summed E-state index contributed by atoms with van der Waals surface area (Å²) < 4.78 is 31.7. The number of likely N-dealkylation sites (tertiary alicyclic amines) is 1. The Hall–Kier alpha value is -2.53. The Balaban J connectivity index is 1.48. The maximum absolute atomic E-state index is 12.9. The fourth-order valence-corrected chi connectivity index (χ4v) is 5.44. The molecule has 5 rings (SSSR count). The van der Waals surface area contributed by atoms with E-state index in [0.29, 0.717) is 34.1 Å². The van der Waals surface area contributed by atoms with Gasteiger partial charge in [0.25, 0.3) is 0 Å². The minimum atomic E-state index is -3.52. The molecule has 2 heterocycles. The summed E-state index contributed by atoms with van der Waals surface area (Å²) in [5.41, 5.74) is 2.40. The summed E-state index contributed by atoms with van der Waals surface area (Å²) in [5.74, 6) is 1.10. The molecule has 0 radical (unpaired) electrons. The minimum absolute atomic E-state index is 0.292. The normalized spacial score (nSPS) is 23.5. The first-order valence-corrected chi connectivity index (χ1v) is 10.3. The highest BCUT2D eigenvalue weighted by molar-refractivity contribution is 7.91. The minimum Gasteiger partial charge on any atom is -0.491 e. The summed E-state index contributed by atoms with van der Waals surface area (Å²) in [5, 5.41) is 0. The van der Waals surface area contributed by atoms with E-state index in [9.17, 15) is 8.42 Å². The largest absolute Gasteiger partial charge is 0.491 e. The molecule has 0 amide bonds. The molecule has 1 saturated heterocycles. The van der Waals surface area contributed by atoms with Gasteiger partial charge < -0.3 is 9.64 Å². The zero-order valence-electron chi connectivity index (χ0n) is 14.2. The van der Waals surface area contributed by atoms with Gasteiger partial charge in [0.15, 0.2) is 0 Å². The van der Waals surface area contributed by atoms with Crippen LogP contribution in [0.4, 0.5) is 0 Å². The van der Waals surface area contributed by atoms with Crippen molar-refractivity contribution >= 4 is 9.84 Å². The molecule has 4 nitrogen and oxygen atoms in total. The summed E-state index contributed by atoms with van der Waals surface area (Å²) in [6, 6.07) is 14.2. The van der Waals surface area contributed by atoms with Crippen LogP contribution in [0.5, 0.6) is 5.75 Å². The number of sulfone groups is 1. The standard InChI is InChI=1S/C21H19NO3S/c23-26(24,16-7-2-1-3-8-16)17-9-10-19-18-11-12-22(15-5-4-6-15)20(18)14-25-21(19)13-17/h1-10,13,18,20H,11-12,14H2. The van der Waals surface area contributed by atoms with Gasteiger partial charge in [-0.3, -0.25) is 0 Å². The molecule has 5 heteroatoms. The lowest BCUT2D eigenvalue weighted by atomic mass is 9.89. The Kier molecular flexibility index (Phi) is 3.47. The Morgan fingerprint density at radius 1 is 1.04 bits per heavy atom. The first-order chi connectivity index (χ1) is 12.6. The quantitative estimate of drug-likeness (QED) is 0.835. The van der Waals surface area contributed by atoms with Crippen LogP contribution in [0.25, 0.3) is 0 Å². The average molecular weight is 365 g/mol. The number of rotatable bonds is 3. The van der Waals surface area contributed by atoms with E-state index in [1.165, 1.54) is 5.70 Å². The van der Waals surface area contributed by atoms with Gasteiger partial charge in [-0.05, 0) is 48.4 Å². The molecule has 0 saturated carbocycles. The third kappa shape index (κ3) is 2.31. The molecule has 0 bridgehead atoms. The third-order valence-corrected chi connectivity index (χ3v) is 7.34. The molecule has 2 atom stereocenters. The zero-order chi connectivity index (χ0) is 17.7. The van der Waals surface area contributed by atoms with Crippen molar-refractivity contribution in [2.24, 2.45) is 0 Å². The number of allylic oxidation sites excluding steroid dienone is 3. The SMILES string of the molecule is O=S(=O)(c1ccccc1)c1ccc2c(c1)OCC1C2CCN1C1=CC=C1. The van der Waals surface area contributed by atoms with Crippen LogP contribution >= 0.6 is 0 Å². The van der Waals surface area contributed by atoms with E-state index in [0.717, 1.165) is 18.5 Å². The second-order valence-corrected chi connectivity index (χ2v) is 8.88. The highest BCUT2D eigenvalue weighted by Crippen LogP contribution is 2.44. The van der Waals surface area contributed by atoms with Gasteiger partial charge in [0, 0.05) is 18.2 Å². The number of hydrogen-bond donors (Lipinski definition) is 0. The van der Waals surface area contributed by atoms with Crippen LogP contribution in [0.1, 0.15) is 17.9 Å². The van der Waals surface area contributed by atoms with Crippen molar-refractivity contribution in [3.63, 3.8) is 0 Å². The van der Waals surface area contributed by atoms with Gasteiger partial charge in [0.1, 0.15) is 12.4 Å². The topological polar surface area (TPSA) is 46.6 Å². The molecular weight excluding hydrogens is 346 g/mol. The predicted molar refractivity (Wildman–Crippen MR) is 98.9 cm³/mol. The fourth-order valence-electron chi connectivity index (χ4n) is 4.14. The summed E-state index contributed by atoms with van der Waals surface area (Å²) in [6.07, 6.45) is 7.39. The predicted octanol–water partition coefficient (Wildman–Crippen LogP) is 3.52. The zero-order valence-corrected chi connectivity index (χ0v) is 15.0. The Morgan fingerprint density at radius 2 is 1.85 bits per heavy atom. The van der Waals surface area contributed by atoms with Gasteiger partial charge in [0.2, 0.25) is 9.84 Å². The third-order valence-electron chi connectivity index (χ3n) is 5.57. The number of nitrogens with zero attached hydrogens (tertiary/aromatic N) is 1. The van der Waals surface area contributed by atoms with Crippen molar-refractivity contribution in [3.8, 4) is 5.75 Å². The summed E-state index contributed by atoms with van der Waals surface area (Å²) in [4.78, 5) is 3.01. The Morgan fingerprint density at radius 3 is 2.58 bits per heavy atom. The van der Waals surface area contributed by atoms with Crippen molar-refractivity contribution in [1.29, 1.82) is 0 Å². The van der Waals surface area contributed by atoms with Crippen LogP contribution in [0.2, 0.25) is 0 Å². The van der Waals surface area contributed by atoms with E-state index in [1.807, 2.05) is 12.1 Å². The highest BCUT2D eigenvalue weighted by Gasteiger charge is 2.41. The van der Waals surface area contributed by atoms with Crippen LogP contribution in [0, 0.1) is 0 Å². The monoisotopic (exact) mass is 365 g/mol. The molecule has 2 aliphatic heterocycles. The van der Waals surface area contributed by atoms with Crippen molar-refractivity contribution in [2.45, 2.75) is 28.2 Å². The molecule has 2 aromatic rings. The van der Waals surface area contributed by atoms with Crippen molar-refractivity contribution < 1.29 is 13.2 Å². The van der Waals surface area contributed by atoms with E-state index in [-0.39, 0.29) is 0 Å². The number of ether oxygens (including phenoxy) is 1. The number of hydrogen-bond acceptors (Lipinski definition) is 4. The van der Waals surface area contributed by atoms with Gasteiger partial charge >= 0.3 is 0 Å². The number of fused-ring (bicyclic) bond motifs is 3. The van der Waals surface area contributed by atoms with Gasteiger partial charge in [0.05, 0.1) is 15.8 Å². The van der Waals surface area contributed by atoms with Crippen molar-refractivity contribution in [2.75, 3.05) is 13.2 Å². The van der Waals surface area contributed by atoms with Gasteiger partial charge in [-0.25, -0.2) is 8.42 Å². The van der Waals surface area contributed by atoms with Gasteiger partial charge in [-0.2, -0.15) is 0 Å². The Bertz CT molecular complexity index is 1020. The van der Waals surface area contributed by atoms with E-state index >= 15 is 0 Å². The molecule has 26 heavy (non-hydrogen) atoms. The lowest BCUT2D eigenvalue weighted by Crippen LogP contribution is -2.39. The van der Waals surface area contributed by atoms with Crippen LogP contribution < -0.4 is 4.74 Å². The van der Waals surface area contributed by atoms with E-state index < -0.39 is 9.84 Å². The summed E-state index contributed by atoms with van der Waals surface area (Å²) >= 11 is 0. The van der Waals surface area contributed by atoms with Gasteiger partial charge in [-0.1, -0.05) is 30.3 Å². The molecule has 1 aliphatic carbocycles. The Labute approximate surface area is 153 Å². The average Bonchev–Trinajstić information content (AvgIpc) is 3.04. The maximum Gasteiger partial charge on any atom is 0.206 e. The molecule has 2 aromatic carbocycles. The van der Waals surface area contributed by atoms with Crippen molar-refractivity contribution in [3.05, 3.63) is 78.0 Å². The first-order valence-electron chi connectivity index (χ1n) is 8.86. The summed E-state index contributed by atoms with van der Waals surface area (Å²) in [7, 11) is -3.52. The highest BCUT2D eigenvalue weighted by atomic mass is 32.2. The van der Waals surface area contributed by atoms with E-state index in [4.69, 9.17) is 4.74 Å². The van der Waals surface area contributed by atoms with Crippen LogP contribution in [0.3, 0.4) is 0 Å². The molecule has 132 valence electrons. The molecular formula is C21H19NO3S. The molecule has 0 N–H and O–H groups in total. The lowest BCUT2D eigenvalue weighted by Gasteiger charge is -2.36. The van der Waals surface area contributed by atoms with E-state index in [1.54, 1.807) is 36.4 Å². The van der Waals surface area contributed by atoms with Gasteiger partial charge in [-0.15, -0.1) is 0 Å².